The number of carbonyl (C=O) groups excluding carboxylic acids is 2. The van der Waals surface area contributed by atoms with Gasteiger partial charge in [-0.3, -0.25) is 14.4 Å². The molecule has 0 saturated heterocycles. The third-order valence-corrected chi connectivity index (χ3v) is 6.26. The molecule has 3 aromatic rings. The number of benzene rings is 1. The summed E-state index contributed by atoms with van der Waals surface area (Å²) < 4.78 is 3.22. The zero-order valence-electron chi connectivity index (χ0n) is 17.9. The third kappa shape index (κ3) is 3.84. The van der Waals surface area contributed by atoms with Gasteiger partial charge in [-0.2, -0.15) is 0 Å². The molecule has 1 saturated carbocycles. The van der Waals surface area contributed by atoms with E-state index in [0.717, 1.165) is 36.3 Å². The minimum absolute atomic E-state index is 0.111. The lowest BCUT2D eigenvalue weighted by Crippen LogP contribution is -2.36. The van der Waals surface area contributed by atoms with Crippen LogP contribution in [0.3, 0.4) is 0 Å². The topological polar surface area (TPSA) is 89.2 Å². The predicted molar refractivity (Wildman–Crippen MR) is 119 cm³/mol. The number of nitrogens with one attached hydrogen (secondary N) is 1. The van der Waals surface area contributed by atoms with Gasteiger partial charge in [-0.05, 0) is 42.9 Å². The fourth-order valence-corrected chi connectivity index (χ4v) is 4.34. The largest absolute Gasteiger partial charge is 0.342 e. The molecular formula is C24H25N5O3. The molecule has 0 unspecified atom stereocenters. The molecule has 1 N–H and O–H groups in total. The van der Waals surface area contributed by atoms with Crippen LogP contribution in [0.2, 0.25) is 0 Å². The Morgan fingerprint density at radius 3 is 2.75 bits per heavy atom. The minimum atomic E-state index is -0.315. The second-order valence-electron chi connectivity index (χ2n) is 8.49. The van der Waals surface area contributed by atoms with Crippen LogP contribution in [0, 0.1) is 5.92 Å². The van der Waals surface area contributed by atoms with Crippen LogP contribution in [0.15, 0.2) is 59.8 Å². The first-order valence-corrected chi connectivity index (χ1v) is 10.9. The Labute approximate surface area is 185 Å². The van der Waals surface area contributed by atoms with Crippen molar-refractivity contribution in [3.05, 3.63) is 82.3 Å². The van der Waals surface area contributed by atoms with Crippen LogP contribution in [0.4, 0.5) is 5.69 Å². The van der Waals surface area contributed by atoms with Crippen molar-refractivity contribution in [3.63, 3.8) is 0 Å². The molecule has 2 aliphatic rings. The molecule has 5 rings (SSSR count). The van der Waals surface area contributed by atoms with E-state index < -0.39 is 0 Å². The molecule has 1 atom stereocenters. The fraction of sp³-hybridized carbons (Fsp3) is 0.333. The number of amides is 2. The van der Waals surface area contributed by atoms with E-state index in [1.54, 1.807) is 11.1 Å². The van der Waals surface area contributed by atoms with Gasteiger partial charge in [-0.15, -0.1) is 0 Å². The molecule has 8 heteroatoms. The van der Waals surface area contributed by atoms with Gasteiger partial charge in [0.25, 0.3) is 11.5 Å². The van der Waals surface area contributed by atoms with Crippen molar-refractivity contribution in [1.29, 1.82) is 0 Å². The first-order chi connectivity index (χ1) is 15.5. The number of hydrogen-bond acceptors (Lipinski definition) is 4. The van der Waals surface area contributed by atoms with Crippen LogP contribution >= 0.6 is 0 Å². The number of aryl methyl sites for hydroxylation is 1. The van der Waals surface area contributed by atoms with Crippen molar-refractivity contribution in [2.24, 2.45) is 13.0 Å². The summed E-state index contributed by atoms with van der Waals surface area (Å²) in [6.07, 6.45) is 7.94. The summed E-state index contributed by atoms with van der Waals surface area (Å²) in [5.41, 5.74) is 2.05. The lowest BCUT2D eigenvalue weighted by molar-refractivity contribution is -0.119. The van der Waals surface area contributed by atoms with Gasteiger partial charge in [0.15, 0.2) is 0 Å². The highest BCUT2D eigenvalue weighted by molar-refractivity contribution is 5.96. The highest BCUT2D eigenvalue weighted by Gasteiger charge is 2.36. The monoisotopic (exact) mass is 431 g/mol. The molecule has 0 bridgehead atoms. The number of imidazole rings is 1. The van der Waals surface area contributed by atoms with Crippen molar-refractivity contribution in [2.45, 2.75) is 31.8 Å². The average molecular weight is 431 g/mol. The van der Waals surface area contributed by atoms with Crippen molar-refractivity contribution < 1.29 is 9.59 Å². The number of nitrogens with zero attached hydrogens (tertiary/aromatic N) is 4. The van der Waals surface area contributed by atoms with Crippen LogP contribution < -0.4 is 15.8 Å². The van der Waals surface area contributed by atoms with E-state index in [-0.39, 0.29) is 30.0 Å². The van der Waals surface area contributed by atoms with Crippen LogP contribution in [0.1, 0.15) is 40.6 Å². The standard InChI is InChI=1S/C24H25N5O3/c1-27-13-11-25-23(27)22(17-6-7-17)26-24(32)18-8-9-20(30)28(14-18)15-21(31)29-12-10-16-4-2-3-5-19(16)29/h2-5,8-9,11,13-14,17,22H,6-7,10,12,15H2,1H3,(H,26,32)/t22-/m0/s1. The Morgan fingerprint density at radius 1 is 1.19 bits per heavy atom. The molecule has 3 heterocycles. The van der Waals surface area contributed by atoms with Gasteiger partial charge in [-0.25, -0.2) is 4.98 Å². The summed E-state index contributed by atoms with van der Waals surface area (Å²) in [4.78, 5) is 44.5. The maximum Gasteiger partial charge on any atom is 0.253 e. The molecule has 2 aromatic heterocycles. The number of anilines is 1. The number of fused-ring (bicyclic) bond motifs is 1. The zero-order chi connectivity index (χ0) is 22.2. The Hall–Kier alpha value is -3.68. The fourth-order valence-electron chi connectivity index (χ4n) is 4.34. The molecule has 8 nitrogen and oxygen atoms in total. The smallest absolute Gasteiger partial charge is 0.253 e. The Morgan fingerprint density at radius 2 is 2.00 bits per heavy atom. The highest BCUT2D eigenvalue weighted by atomic mass is 16.2. The summed E-state index contributed by atoms with van der Waals surface area (Å²) in [7, 11) is 1.91. The minimum Gasteiger partial charge on any atom is -0.342 e. The van der Waals surface area contributed by atoms with Crippen molar-refractivity contribution in [1.82, 2.24) is 19.4 Å². The van der Waals surface area contributed by atoms with Gasteiger partial charge >= 0.3 is 0 Å². The van der Waals surface area contributed by atoms with E-state index in [4.69, 9.17) is 0 Å². The molecule has 1 aromatic carbocycles. The highest BCUT2D eigenvalue weighted by Crippen LogP contribution is 2.40. The number of carbonyl (C=O) groups is 2. The van der Waals surface area contributed by atoms with Gasteiger partial charge < -0.3 is 19.4 Å². The average Bonchev–Trinajstić information content (AvgIpc) is 3.40. The second-order valence-corrected chi connectivity index (χ2v) is 8.49. The molecule has 1 fully saturated rings. The molecule has 0 radical (unpaired) electrons. The van der Waals surface area contributed by atoms with E-state index in [2.05, 4.69) is 10.3 Å². The molecule has 1 aliphatic heterocycles. The van der Waals surface area contributed by atoms with Crippen molar-refractivity contribution >= 4 is 17.5 Å². The zero-order valence-corrected chi connectivity index (χ0v) is 17.9. The van der Waals surface area contributed by atoms with Crippen molar-refractivity contribution in [3.8, 4) is 0 Å². The summed E-state index contributed by atoms with van der Waals surface area (Å²) in [6.45, 7) is 0.486. The van der Waals surface area contributed by atoms with Crippen molar-refractivity contribution in [2.75, 3.05) is 11.4 Å². The third-order valence-electron chi connectivity index (χ3n) is 6.26. The number of pyridine rings is 1. The predicted octanol–water partition coefficient (Wildman–Crippen LogP) is 2.05. The van der Waals surface area contributed by atoms with Gasteiger partial charge in [0.05, 0.1) is 11.6 Å². The van der Waals surface area contributed by atoms with Crippen LogP contribution in [0.25, 0.3) is 0 Å². The lowest BCUT2D eigenvalue weighted by Gasteiger charge is -2.19. The van der Waals surface area contributed by atoms with Gasteiger partial charge in [-0.1, -0.05) is 18.2 Å². The summed E-state index contributed by atoms with van der Waals surface area (Å²) >= 11 is 0. The van der Waals surface area contributed by atoms with Crippen LogP contribution in [-0.4, -0.2) is 32.5 Å². The Kier molecular flexibility index (Phi) is 5.13. The van der Waals surface area contributed by atoms with Gasteiger partial charge in [0.1, 0.15) is 12.4 Å². The van der Waals surface area contributed by atoms with Gasteiger partial charge in [0, 0.05) is 43.9 Å². The van der Waals surface area contributed by atoms with Crippen LogP contribution in [-0.2, 0) is 24.8 Å². The summed E-state index contributed by atoms with van der Waals surface area (Å²) in [5, 5.41) is 3.07. The first kappa shape index (κ1) is 20.2. The van der Waals surface area contributed by atoms with E-state index >= 15 is 0 Å². The van der Waals surface area contributed by atoms with E-state index in [9.17, 15) is 14.4 Å². The van der Waals surface area contributed by atoms with E-state index in [0.29, 0.717) is 18.0 Å². The molecule has 1 aliphatic carbocycles. The summed E-state index contributed by atoms with van der Waals surface area (Å²) in [6, 6.07) is 10.5. The maximum atomic E-state index is 13.0. The Bertz CT molecular complexity index is 1240. The lowest BCUT2D eigenvalue weighted by atomic mass is 10.1. The molecule has 0 spiro atoms. The molecule has 2 amide bonds. The number of aromatic nitrogens is 3. The first-order valence-electron chi connectivity index (χ1n) is 10.9. The molecule has 164 valence electrons. The maximum absolute atomic E-state index is 13.0. The normalized spacial score (nSPS) is 16.0. The SMILES string of the molecule is Cn1ccnc1[C@@H](NC(=O)c1ccc(=O)n(CC(=O)N2CCc3ccccc32)c1)C1CC1. The van der Waals surface area contributed by atoms with E-state index in [1.165, 1.54) is 22.9 Å². The number of para-hydroxylation sites is 1. The van der Waals surface area contributed by atoms with Gasteiger partial charge in [0.2, 0.25) is 5.91 Å². The number of hydrogen-bond donors (Lipinski definition) is 1. The quantitative estimate of drug-likeness (QED) is 0.647. The van der Waals surface area contributed by atoms with Crippen LogP contribution in [0.5, 0.6) is 0 Å². The summed E-state index contributed by atoms with van der Waals surface area (Å²) in [5.74, 6) is 0.732. The Balaban J connectivity index is 1.34. The number of rotatable bonds is 6. The van der Waals surface area contributed by atoms with E-state index in [1.807, 2.05) is 42.1 Å². The molecular weight excluding hydrogens is 406 g/mol. The molecule has 32 heavy (non-hydrogen) atoms. The second kappa shape index (κ2) is 8.11.